The van der Waals surface area contributed by atoms with Gasteiger partial charge in [-0.05, 0) is 20.3 Å². The van der Waals surface area contributed by atoms with Crippen LogP contribution in [0.1, 0.15) is 27.2 Å². The van der Waals surface area contributed by atoms with Gasteiger partial charge in [0.2, 0.25) is 0 Å². The Labute approximate surface area is 102 Å². The maximum absolute atomic E-state index is 11.3. The molecule has 0 aliphatic heterocycles. The van der Waals surface area contributed by atoms with Crippen molar-refractivity contribution in [3.8, 4) is 0 Å². The predicted molar refractivity (Wildman–Crippen MR) is 62.4 cm³/mol. The molecule has 1 atom stereocenters. The lowest BCUT2D eigenvalue weighted by Crippen LogP contribution is -2.27. The van der Waals surface area contributed by atoms with Crippen LogP contribution in [0.15, 0.2) is 12.2 Å². The molecule has 0 aromatic rings. The molecule has 0 aliphatic carbocycles. The number of hydrogen-bond acceptors (Lipinski definition) is 5. The van der Waals surface area contributed by atoms with E-state index in [-0.39, 0.29) is 12.2 Å². The van der Waals surface area contributed by atoms with Crippen molar-refractivity contribution in [2.24, 2.45) is 0 Å². The first kappa shape index (κ1) is 15.6. The largest absolute Gasteiger partial charge is 0.461 e. The van der Waals surface area contributed by atoms with Crippen molar-refractivity contribution in [3.63, 3.8) is 0 Å². The lowest BCUT2D eigenvalue weighted by molar-refractivity contribution is -0.165. The molecular formula is C12H20O5. The van der Waals surface area contributed by atoms with Gasteiger partial charge in [-0.25, -0.2) is 9.59 Å². The maximum atomic E-state index is 11.3. The highest BCUT2D eigenvalue weighted by atomic mass is 16.6. The highest BCUT2D eigenvalue weighted by molar-refractivity contribution is 5.89. The van der Waals surface area contributed by atoms with E-state index in [1.54, 1.807) is 0 Å². The maximum Gasteiger partial charge on any atom is 0.347 e. The average molecular weight is 244 g/mol. The Hall–Kier alpha value is -1.36. The molecule has 0 saturated carbocycles. The van der Waals surface area contributed by atoms with Crippen LogP contribution in [-0.2, 0) is 23.8 Å². The molecule has 0 aromatic carbocycles. The van der Waals surface area contributed by atoms with Crippen LogP contribution in [0, 0.1) is 0 Å². The third kappa shape index (κ3) is 7.52. The molecule has 0 aliphatic rings. The SMILES string of the molecule is C=C(C)C(=O)OC(C)C(=O)OCCOCCC. The third-order valence-corrected chi connectivity index (χ3v) is 1.78. The molecule has 0 aromatic heterocycles. The van der Waals surface area contributed by atoms with Crippen molar-refractivity contribution in [1.29, 1.82) is 0 Å². The number of carbonyl (C=O) groups is 2. The Morgan fingerprint density at radius 2 is 1.88 bits per heavy atom. The van der Waals surface area contributed by atoms with Gasteiger partial charge in [0.05, 0.1) is 6.61 Å². The van der Waals surface area contributed by atoms with Gasteiger partial charge >= 0.3 is 11.9 Å². The molecule has 0 spiro atoms. The minimum Gasteiger partial charge on any atom is -0.461 e. The van der Waals surface area contributed by atoms with Crippen molar-refractivity contribution in [2.45, 2.75) is 33.3 Å². The molecule has 0 radical (unpaired) electrons. The molecule has 0 saturated heterocycles. The summed E-state index contributed by atoms with van der Waals surface area (Å²) in [7, 11) is 0. The van der Waals surface area contributed by atoms with Gasteiger partial charge in [-0.2, -0.15) is 0 Å². The number of hydrogen-bond donors (Lipinski definition) is 0. The summed E-state index contributed by atoms with van der Waals surface area (Å²) in [4.78, 5) is 22.5. The molecule has 1 unspecified atom stereocenters. The smallest absolute Gasteiger partial charge is 0.347 e. The number of esters is 2. The first-order valence-corrected chi connectivity index (χ1v) is 5.59. The van der Waals surface area contributed by atoms with Crippen molar-refractivity contribution >= 4 is 11.9 Å². The van der Waals surface area contributed by atoms with E-state index in [0.29, 0.717) is 13.2 Å². The van der Waals surface area contributed by atoms with E-state index in [0.717, 1.165) is 6.42 Å². The van der Waals surface area contributed by atoms with Gasteiger partial charge in [0.1, 0.15) is 6.61 Å². The van der Waals surface area contributed by atoms with Gasteiger partial charge in [-0.1, -0.05) is 13.5 Å². The van der Waals surface area contributed by atoms with Gasteiger partial charge in [0, 0.05) is 12.2 Å². The summed E-state index contributed by atoms with van der Waals surface area (Å²) >= 11 is 0. The van der Waals surface area contributed by atoms with Gasteiger partial charge in [-0.15, -0.1) is 0 Å². The van der Waals surface area contributed by atoms with E-state index < -0.39 is 18.0 Å². The van der Waals surface area contributed by atoms with Crippen LogP contribution < -0.4 is 0 Å². The molecule has 0 rings (SSSR count). The second-order valence-electron chi connectivity index (χ2n) is 3.61. The zero-order valence-corrected chi connectivity index (χ0v) is 10.7. The second kappa shape index (κ2) is 8.75. The fraction of sp³-hybridized carbons (Fsp3) is 0.667. The first-order valence-electron chi connectivity index (χ1n) is 5.59. The van der Waals surface area contributed by atoms with Gasteiger partial charge in [0.15, 0.2) is 6.10 Å². The Morgan fingerprint density at radius 3 is 2.41 bits per heavy atom. The van der Waals surface area contributed by atoms with Gasteiger partial charge < -0.3 is 14.2 Å². The standard InChI is InChI=1S/C12H20O5/c1-5-6-15-7-8-16-12(14)10(4)17-11(13)9(2)3/h10H,2,5-8H2,1,3-4H3. The number of rotatable bonds is 8. The summed E-state index contributed by atoms with van der Waals surface area (Å²) in [6.07, 6.45) is -0.00834. The van der Waals surface area contributed by atoms with Crippen LogP contribution >= 0.6 is 0 Å². The van der Waals surface area contributed by atoms with Crippen molar-refractivity contribution < 1.29 is 23.8 Å². The molecular weight excluding hydrogens is 224 g/mol. The Kier molecular flexibility index (Phi) is 8.05. The Morgan fingerprint density at radius 1 is 1.24 bits per heavy atom. The average Bonchev–Trinajstić information content (AvgIpc) is 2.28. The summed E-state index contributed by atoms with van der Waals surface area (Å²) in [5, 5.41) is 0. The Balaban J connectivity index is 3.75. The van der Waals surface area contributed by atoms with E-state index in [1.807, 2.05) is 6.92 Å². The van der Waals surface area contributed by atoms with E-state index in [2.05, 4.69) is 6.58 Å². The van der Waals surface area contributed by atoms with E-state index in [9.17, 15) is 9.59 Å². The summed E-state index contributed by atoms with van der Waals surface area (Å²) in [5.74, 6) is -1.18. The summed E-state index contributed by atoms with van der Waals surface area (Å²) in [6, 6.07) is 0. The lowest BCUT2D eigenvalue weighted by atomic mass is 10.3. The number of carbonyl (C=O) groups excluding carboxylic acids is 2. The molecule has 5 nitrogen and oxygen atoms in total. The minimum atomic E-state index is -0.926. The van der Waals surface area contributed by atoms with Crippen LogP contribution in [0.2, 0.25) is 0 Å². The summed E-state index contributed by atoms with van der Waals surface area (Å²) in [6.45, 7) is 9.52. The molecule has 98 valence electrons. The molecule has 0 bridgehead atoms. The first-order chi connectivity index (χ1) is 7.99. The lowest BCUT2D eigenvalue weighted by Gasteiger charge is -2.12. The van der Waals surface area contributed by atoms with Crippen molar-refractivity contribution in [3.05, 3.63) is 12.2 Å². The highest BCUT2D eigenvalue weighted by Gasteiger charge is 2.19. The van der Waals surface area contributed by atoms with Gasteiger partial charge in [-0.3, -0.25) is 0 Å². The van der Waals surface area contributed by atoms with Crippen LogP contribution in [0.3, 0.4) is 0 Å². The third-order valence-electron chi connectivity index (χ3n) is 1.78. The molecule has 0 amide bonds. The molecule has 0 fully saturated rings. The fourth-order valence-electron chi connectivity index (χ4n) is 0.874. The second-order valence-corrected chi connectivity index (χ2v) is 3.61. The van der Waals surface area contributed by atoms with Crippen molar-refractivity contribution in [2.75, 3.05) is 19.8 Å². The van der Waals surface area contributed by atoms with Gasteiger partial charge in [0.25, 0.3) is 0 Å². The topological polar surface area (TPSA) is 61.8 Å². The van der Waals surface area contributed by atoms with Crippen LogP contribution in [-0.4, -0.2) is 37.9 Å². The zero-order chi connectivity index (χ0) is 13.3. The zero-order valence-electron chi connectivity index (χ0n) is 10.7. The summed E-state index contributed by atoms with van der Waals surface area (Å²) < 4.78 is 14.8. The van der Waals surface area contributed by atoms with Crippen LogP contribution in [0.25, 0.3) is 0 Å². The van der Waals surface area contributed by atoms with E-state index in [4.69, 9.17) is 14.2 Å². The summed E-state index contributed by atoms with van der Waals surface area (Å²) in [5.41, 5.74) is 0.246. The minimum absolute atomic E-state index is 0.161. The molecule has 0 N–H and O–H groups in total. The van der Waals surface area contributed by atoms with E-state index >= 15 is 0 Å². The quantitative estimate of drug-likeness (QED) is 0.367. The molecule has 17 heavy (non-hydrogen) atoms. The molecule has 0 heterocycles. The monoisotopic (exact) mass is 244 g/mol. The Bertz CT molecular complexity index is 272. The molecule has 5 heteroatoms. The fourth-order valence-corrected chi connectivity index (χ4v) is 0.874. The van der Waals surface area contributed by atoms with Crippen LogP contribution in [0.5, 0.6) is 0 Å². The normalized spacial score (nSPS) is 11.7. The van der Waals surface area contributed by atoms with Crippen LogP contribution in [0.4, 0.5) is 0 Å². The predicted octanol–water partition coefficient (Wildman–Crippen LogP) is 1.46. The number of ether oxygens (including phenoxy) is 3. The highest BCUT2D eigenvalue weighted by Crippen LogP contribution is 2.00. The van der Waals surface area contributed by atoms with Crippen molar-refractivity contribution in [1.82, 2.24) is 0 Å². The van der Waals surface area contributed by atoms with E-state index in [1.165, 1.54) is 13.8 Å².